The van der Waals surface area contributed by atoms with Crippen molar-refractivity contribution in [2.45, 2.75) is 11.3 Å². The monoisotopic (exact) mass is 424 g/mol. The van der Waals surface area contributed by atoms with E-state index in [0.717, 1.165) is 37.1 Å². The van der Waals surface area contributed by atoms with Gasteiger partial charge >= 0.3 is 0 Å². The molecule has 0 amide bonds. The Morgan fingerprint density at radius 3 is 2.64 bits per heavy atom. The Morgan fingerprint density at radius 2 is 1.88 bits per heavy atom. The number of aromatic nitrogens is 1. The molecule has 6 nitrogen and oxygen atoms in total. The zero-order valence-electron chi connectivity index (χ0n) is 14.0. The summed E-state index contributed by atoms with van der Waals surface area (Å²) in [5.41, 5.74) is 0.489. The van der Waals surface area contributed by atoms with E-state index in [1.54, 1.807) is 42.6 Å². The summed E-state index contributed by atoms with van der Waals surface area (Å²) >= 11 is 3.39. The summed E-state index contributed by atoms with van der Waals surface area (Å²) in [7, 11) is -1.56. The van der Waals surface area contributed by atoms with Crippen molar-refractivity contribution in [1.29, 1.82) is 0 Å². The van der Waals surface area contributed by atoms with Gasteiger partial charge in [-0.15, -0.1) is 0 Å². The van der Waals surface area contributed by atoms with Crippen LogP contribution in [0, 0.1) is 0 Å². The number of rotatable bonds is 4. The Kier molecular flexibility index (Phi) is 5.61. The molecule has 2 heterocycles. The lowest BCUT2D eigenvalue weighted by Gasteiger charge is -2.24. The van der Waals surface area contributed by atoms with E-state index in [4.69, 9.17) is 0 Å². The minimum Gasteiger partial charge on any atom is -0.354 e. The molecular formula is C17H21BrN4O2S. The zero-order chi connectivity index (χ0) is 17.9. The molecular weight excluding hydrogens is 404 g/mol. The Balaban J connectivity index is 1.92. The maximum Gasteiger partial charge on any atom is 0.262 e. The van der Waals surface area contributed by atoms with Crippen LogP contribution in [-0.2, 0) is 10.0 Å². The van der Waals surface area contributed by atoms with E-state index in [9.17, 15) is 8.42 Å². The van der Waals surface area contributed by atoms with Gasteiger partial charge in [-0.25, -0.2) is 13.4 Å². The number of likely N-dealkylation sites (N-methyl/N-ethyl adjacent to an activating group) is 1. The molecule has 3 rings (SSSR count). The van der Waals surface area contributed by atoms with Gasteiger partial charge in [0.05, 0.1) is 10.6 Å². The minimum atomic E-state index is -3.66. The molecule has 0 radical (unpaired) electrons. The average molecular weight is 425 g/mol. The van der Waals surface area contributed by atoms with E-state index >= 15 is 0 Å². The number of hydrogen-bond acceptors (Lipinski definition) is 5. The molecule has 1 aromatic heterocycles. The molecule has 1 N–H and O–H groups in total. The maximum atomic E-state index is 12.7. The van der Waals surface area contributed by atoms with Crippen molar-refractivity contribution in [3.05, 3.63) is 47.1 Å². The van der Waals surface area contributed by atoms with Crippen LogP contribution in [0.2, 0.25) is 0 Å². The molecule has 0 bridgehead atoms. The van der Waals surface area contributed by atoms with E-state index < -0.39 is 10.0 Å². The molecule has 0 aliphatic carbocycles. The normalized spacial score (nSPS) is 16.5. The lowest BCUT2D eigenvalue weighted by molar-refractivity contribution is 0.360. The molecule has 1 saturated heterocycles. The van der Waals surface area contributed by atoms with Gasteiger partial charge in [0, 0.05) is 30.3 Å². The average Bonchev–Trinajstić information content (AvgIpc) is 2.80. The van der Waals surface area contributed by atoms with E-state index in [2.05, 4.69) is 42.5 Å². The van der Waals surface area contributed by atoms with Crippen LogP contribution in [0.5, 0.6) is 0 Å². The number of nitrogens with zero attached hydrogens (tertiary/aromatic N) is 3. The van der Waals surface area contributed by atoms with E-state index in [1.165, 1.54) is 0 Å². The predicted molar refractivity (Wildman–Crippen MR) is 104 cm³/mol. The maximum absolute atomic E-state index is 12.7. The van der Waals surface area contributed by atoms with Crippen LogP contribution in [0.1, 0.15) is 6.42 Å². The van der Waals surface area contributed by atoms with Crippen LogP contribution in [0.3, 0.4) is 0 Å². The topological polar surface area (TPSA) is 65.5 Å². The van der Waals surface area contributed by atoms with Gasteiger partial charge in [-0.3, -0.25) is 4.72 Å². The van der Waals surface area contributed by atoms with Crippen molar-refractivity contribution in [2.24, 2.45) is 0 Å². The first-order valence-electron chi connectivity index (χ1n) is 8.12. The largest absolute Gasteiger partial charge is 0.354 e. The second kappa shape index (κ2) is 7.72. The van der Waals surface area contributed by atoms with E-state index in [-0.39, 0.29) is 4.90 Å². The van der Waals surface area contributed by atoms with Gasteiger partial charge in [0.1, 0.15) is 0 Å². The van der Waals surface area contributed by atoms with Crippen LogP contribution < -0.4 is 9.62 Å². The summed E-state index contributed by atoms with van der Waals surface area (Å²) in [6.45, 7) is 3.60. The number of hydrogen-bond donors (Lipinski definition) is 1. The fourth-order valence-electron chi connectivity index (χ4n) is 2.82. The van der Waals surface area contributed by atoms with Crippen molar-refractivity contribution in [2.75, 3.05) is 42.8 Å². The highest BCUT2D eigenvalue weighted by molar-refractivity contribution is 9.10. The molecule has 134 valence electrons. The molecule has 0 unspecified atom stereocenters. The van der Waals surface area contributed by atoms with Gasteiger partial charge < -0.3 is 9.80 Å². The smallest absolute Gasteiger partial charge is 0.262 e. The Hall–Kier alpha value is -1.64. The summed E-state index contributed by atoms with van der Waals surface area (Å²) in [5, 5.41) is 0. The van der Waals surface area contributed by atoms with Crippen molar-refractivity contribution in [1.82, 2.24) is 9.88 Å². The Bertz CT molecular complexity index is 830. The quantitative estimate of drug-likeness (QED) is 0.816. The fraction of sp³-hybridized carbons (Fsp3) is 0.353. The molecule has 25 heavy (non-hydrogen) atoms. The molecule has 8 heteroatoms. The van der Waals surface area contributed by atoms with Crippen molar-refractivity contribution in [3.63, 3.8) is 0 Å². The van der Waals surface area contributed by atoms with Crippen LogP contribution in [-0.4, -0.2) is 51.5 Å². The summed E-state index contributed by atoms with van der Waals surface area (Å²) in [5.74, 6) is 0.665. The molecule has 1 aliphatic heterocycles. The van der Waals surface area contributed by atoms with Gasteiger partial charge in [0.15, 0.2) is 5.82 Å². The van der Waals surface area contributed by atoms with Crippen LogP contribution in [0.25, 0.3) is 0 Å². The Morgan fingerprint density at radius 1 is 1.12 bits per heavy atom. The number of halogens is 1. The zero-order valence-corrected chi connectivity index (χ0v) is 16.4. The summed E-state index contributed by atoms with van der Waals surface area (Å²) in [6.07, 6.45) is 2.71. The Labute approximate surface area is 157 Å². The van der Waals surface area contributed by atoms with Crippen molar-refractivity contribution < 1.29 is 8.42 Å². The van der Waals surface area contributed by atoms with Crippen LogP contribution in [0.4, 0.5) is 11.5 Å². The number of anilines is 2. The van der Waals surface area contributed by atoms with Gasteiger partial charge in [0.2, 0.25) is 0 Å². The number of benzene rings is 1. The standard InChI is InChI=1S/C17H21BrN4O2S/c1-21-8-5-9-22(11-10-21)17-16(12-14(18)13-19-17)20-25(23,24)15-6-3-2-4-7-15/h2-4,6-7,12-13,20H,5,8-11H2,1H3. The second-order valence-corrected chi connectivity index (χ2v) is 8.69. The van der Waals surface area contributed by atoms with Gasteiger partial charge in [0.25, 0.3) is 10.0 Å². The van der Waals surface area contributed by atoms with Crippen molar-refractivity contribution >= 4 is 37.5 Å². The van der Waals surface area contributed by atoms with E-state index in [0.29, 0.717) is 11.5 Å². The lowest BCUT2D eigenvalue weighted by Crippen LogP contribution is -2.30. The molecule has 0 spiro atoms. The molecule has 0 saturated carbocycles. The predicted octanol–water partition coefficient (Wildman–Crippen LogP) is 2.79. The second-order valence-electron chi connectivity index (χ2n) is 6.09. The highest BCUT2D eigenvalue weighted by atomic mass is 79.9. The molecule has 1 aromatic carbocycles. The van der Waals surface area contributed by atoms with E-state index in [1.807, 2.05) is 0 Å². The van der Waals surface area contributed by atoms with Crippen LogP contribution in [0.15, 0.2) is 52.0 Å². The first-order chi connectivity index (χ1) is 12.0. The summed E-state index contributed by atoms with van der Waals surface area (Å²) < 4.78 is 28.8. The highest BCUT2D eigenvalue weighted by Gasteiger charge is 2.21. The fourth-order valence-corrected chi connectivity index (χ4v) is 4.23. The molecule has 1 aliphatic rings. The first kappa shape index (κ1) is 18.2. The van der Waals surface area contributed by atoms with Crippen LogP contribution >= 0.6 is 15.9 Å². The summed E-state index contributed by atoms with van der Waals surface area (Å²) in [4.78, 5) is 9.12. The molecule has 0 atom stereocenters. The van der Waals surface area contributed by atoms with Gasteiger partial charge in [-0.1, -0.05) is 18.2 Å². The first-order valence-corrected chi connectivity index (χ1v) is 10.4. The van der Waals surface area contributed by atoms with Gasteiger partial charge in [-0.05, 0) is 54.1 Å². The number of sulfonamides is 1. The molecule has 2 aromatic rings. The van der Waals surface area contributed by atoms with Crippen molar-refractivity contribution in [3.8, 4) is 0 Å². The SMILES string of the molecule is CN1CCCN(c2ncc(Br)cc2NS(=O)(=O)c2ccccc2)CC1. The molecule has 1 fully saturated rings. The number of pyridine rings is 1. The number of nitrogens with one attached hydrogen (secondary N) is 1. The minimum absolute atomic E-state index is 0.233. The lowest BCUT2D eigenvalue weighted by atomic mass is 10.3. The highest BCUT2D eigenvalue weighted by Crippen LogP contribution is 2.29. The van der Waals surface area contributed by atoms with Gasteiger partial charge in [-0.2, -0.15) is 0 Å². The third kappa shape index (κ3) is 4.50. The summed E-state index contributed by atoms with van der Waals surface area (Å²) in [6, 6.07) is 10.1. The third-order valence-corrected chi connectivity index (χ3v) is 5.97. The third-order valence-electron chi connectivity index (χ3n) is 4.15.